The van der Waals surface area contributed by atoms with E-state index in [2.05, 4.69) is 20.8 Å². The molecule has 5 heteroatoms. The molecule has 3 nitrogen and oxygen atoms in total. The first kappa shape index (κ1) is 14.4. The fourth-order valence-electron chi connectivity index (χ4n) is 1.62. The minimum absolute atomic E-state index is 0. The van der Waals surface area contributed by atoms with E-state index in [1.807, 2.05) is 12.1 Å². The van der Waals surface area contributed by atoms with E-state index >= 15 is 0 Å². The highest BCUT2D eigenvalue weighted by atomic mass is 35.5. The molecular weight excluding hydrogens is 259 g/mol. The molecule has 17 heavy (non-hydrogen) atoms. The van der Waals surface area contributed by atoms with Crippen molar-refractivity contribution in [1.29, 1.82) is 0 Å². The summed E-state index contributed by atoms with van der Waals surface area (Å²) < 4.78 is 16.3. The van der Waals surface area contributed by atoms with Gasteiger partial charge in [-0.05, 0) is 17.3 Å². The molecule has 0 bridgehead atoms. The highest BCUT2D eigenvalue weighted by Crippen LogP contribution is 2.42. The Bertz CT molecular complexity index is 401. The van der Waals surface area contributed by atoms with Crippen LogP contribution in [0, 0.1) is 0 Å². The first-order chi connectivity index (χ1) is 7.51. The number of hydrogen-bond acceptors (Lipinski definition) is 3. The quantitative estimate of drug-likeness (QED) is 0.778. The van der Waals surface area contributed by atoms with E-state index in [1.165, 1.54) is 0 Å². The molecule has 0 aromatic heterocycles. The smallest absolute Gasteiger partial charge is 0.231 e. The normalized spacial score (nSPS) is 13.9. The SMILES string of the molecule is COc1ccc2c(c1PC(C)(C)C)OCO2.Cl. The van der Waals surface area contributed by atoms with Crippen molar-refractivity contribution in [3.63, 3.8) is 0 Å². The van der Waals surface area contributed by atoms with Crippen molar-refractivity contribution in [2.24, 2.45) is 0 Å². The predicted octanol–water partition coefficient (Wildman–Crippen LogP) is 2.95. The highest BCUT2D eigenvalue weighted by Gasteiger charge is 2.25. The maximum atomic E-state index is 5.52. The van der Waals surface area contributed by atoms with E-state index in [0.29, 0.717) is 15.4 Å². The van der Waals surface area contributed by atoms with Crippen molar-refractivity contribution < 1.29 is 14.2 Å². The summed E-state index contributed by atoms with van der Waals surface area (Å²) in [7, 11) is 2.32. The van der Waals surface area contributed by atoms with Crippen LogP contribution in [0.1, 0.15) is 20.8 Å². The summed E-state index contributed by atoms with van der Waals surface area (Å²) in [5.74, 6) is 2.57. The van der Waals surface area contributed by atoms with Gasteiger partial charge in [0.15, 0.2) is 11.5 Å². The van der Waals surface area contributed by atoms with Crippen LogP contribution in [0.15, 0.2) is 12.1 Å². The van der Waals surface area contributed by atoms with Crippen molar-refractivity contribution in [3.05, 3.63) is 12.1 Å². The molecule has 0 N–H and O–H groups in total. The number of ether oxygens (including phenoxy) is 3. The first-order valence-corrected chi connectivity index (χ1v) is 6.26. The lowest BCUT2D eigenvalue weighted by molar-refractivity contribution is 0.174. The molecule has 1 aromatic carbocycles. The lowest BCUT2D eigenvalue weighted by Gasteiger charge is -2.21. The van der Waals surface area contributed by atoms with Gasteiger partial charge in [0.1, 0.15) is 5.75 Å². The zero-order valence-electron chi connectivity index (χ0n) is 10.5. The van der Waals surface area contributed by atoms with E-state index in [4.69, 9.17) is 14.2 Å². The third-order valence-corrected chi connectivity index (χ3v) is 3.69. The van der Waals surface area contributed by atoms with Crippen molar-refractivity contribution in [2.75, 3.05) is 13.9 Å². The van der Waals surface area contributed by atoms with Crippen LogP contribution in [-0.2, 0) is 0 Å². The summed E-state index contributed by atoms with van der Waals surface area (Å²) >= 11 is 0. The fourth-order valence-corrected chi connectivity index (χ4v) is 2.99. The maximum absolute atomic E-state index is 5.52. The molecule has 1 aromatic rings. The maximum Gasteiger partial charge on any atom is 0.231 e. The lowest BCUT2D eigenvalue weighted by Crippen LogP contribution is -2.14. The molecule has 0 fully saturated rings. The zero-order valence-corrected chi connectivity index (χ0v) is 12.3. The number of methoxy groups -OCH3 is 1. The van der Waals surface area contributed by atoms with Crippen LogP contribution in [0.3, 0.4) is 0 Å². The average molecular weight is 277 g/mol. The van der Waals surface area contributed by atoms with Gasteiger partial charge in [0.2, 0.25) is 6.79 Å². The van der Waals surface area contributed by atoms with Crippen LogP contribution < -0.4 is 19.5 Å². The van der Waals surface area contributed by atoms with E-state index in [9.17, 15) is 0 Å². The molecule has 0 amide bonds. The molecule has 1 aliphatic rings. The molecule has 1 unspecified atom stereocenters. The minimum atomic E-state index is 0. The van der Waals surface area contributed by atoms with Crippen LogP contribution in [0.25, 0.3) is 0 Å². The number of benzene rings is 1. The van der Waals surface area contributed by atoms with Crippen LogP contribution in [0.4, 0.5) is 0 Å². The number of fused-ring (bicyclic) bond motifs is 1. The van der Waals surface area contributed by atoms with Crippen LogP contribution in [0.2, 0.25) is 0 Å². The van der Waals surface area contributed by atoms with Crippen molar-refractivity contribution >= 4 is 26.3 Å². The van der Waals surface area contributed by atoms with Crippen LogP contribution in [0.5, 0.6) is 17.2 Å². The molecule has 1 atom stereocenters. The van der Waals surface area contributed by atoms with Gasteiger partial charge in [-0.1, -0.05) is 29.4 Å². The van der Waals surface area contributed by atoms with Gasteiger partial charge >= 0.3 is 0 Å². The predicted molar refractivity (Wildman–Crippen MR) is 74.1 cm³/mol. The second-order valence-electron chi connectivity index (χ2n) is 4.75. The van der Waals surface area contributed by atoms with Gasteiger partial charge in [-0.3, -0.25) is 0 Å². The zero-order chi connectivity index (χ0) is 11.8. The molecule has 0 spiro atoms. The minimum Gasteiger partial charge on any atom is -0.496 e. The molecular formula is C12H18ClO3P. The topological polar surface area (TPSA) is 27.7 Å². The molecule has 2 rings (SSSR count). The monoisotopic (exact) mass is 276 g/mol. The van der Waals surface area contributed by atoms with Gasteiger partial charge in [0, 0.05) is 0 Å². The van der Waals surface area contributed by atoms with E-state index in [0.717, 1.165) is 22.6 Å². The first-order valence-electron chi connectivity index (χ1n) is 5.26. The Morgan fingerprint density at radius 1 is 1.24 bits per heavy atom. The van der Waals surface area contributed by atoms with E-state index in [1.54, 1.807) is 7.11 Å². The summed E-state index contributed by atoms with van der Waals surface area (Å²) in [6.07, 6.45) is 0. The average Bonchev–Trinajstić information content (AvgIpc) is 2.64. The molecule has 1 heterocycles. The largest absolute Gasteiger partial charge is 0.496 e. The second-order valence-corrected chi connectivity index (χ2v) is 7.00. The Labute approximate surface area is 110 Å². The third kappa shape index (κ3) is 3.17. The molecule has 0 saturated heterocycles. The highest BCUT2D eigenvalue weighted by molar-refractivity contribution is 7.49. The van der Waals surface area contributed by atoms with Gasteiger partial charge < -0.3 is 14.2 Å². The standard InChI is InChI=1S/C12H17O3P.ClH/c1-12(2,3)16-11-9(13-4)6-5-8-10(11)15-7-14-8;/h5-6,16H,7H2,1-4H3;1H. The number of hydrogen-bond donors (Lipinski definition) is 0. The summed E-state index contributed by atoms with van der Waals surface area (Å²) in [4.78, 5) is 0. The second kappa shape index (κ2) is 5.32. The number of rotatable bonds is 2. The van der Waals surface area contributed by atoms with Gasteiger partial charge in [0.05, 0.1) is 12.4 Å². The summed E-state index contributed by atoms with van der Waals surface area (Å²) in [5, 5.41) is 1.35. The van der Waals surface area contributed by atoms with Crippen molar-refractivity contribution in [3.8, 4) is 17.2 Å². The van der Waals surface area contributed by atoms with E-state index < -0.39 is 0 Å². The summed E-state index contributed by atoms with van der Waals surface area (Å²) in [6.45, 7) is 6.93. The third-order valence-electron chi connectivity index (χ3n) is 2.22. The van der Waals surface area contributed by atoms with Gasteiger partial charge in [-0.25, -0.2) is 0 Å². The molecule has 0 aliphatic carbocycles. The Balaban J connectivity index is 0.00000144. The Hall–Kier alpha value is -0.660. The van der Waals surface area contributed by atoms with Gasteiger partial charge in [0.25, 0.3) is 0 Å². The van der Waals surface area contributed by atoms with Crippen LogP contribution in [-0.4, -0.2) is 19.1 Å². The lowest BCUT2D eigenvalue weighted by atomic mass is 10.2. The Kier molecular flexibility index (Phi) is 4.51. The van der Waals surface area contributed by atoms with Crippen molar-refractivity contribution in [1.82, 2.24) is 0 Å². The fraction of sp³-hybridized carbons (Fsp3) is 0.500. The van der Waals surface area contributed by atoms with Gasteiger partial charge in [-0.15, -0.1) is 12.4 Å². The van der Waals surface area contributed by atoms with Gasteiger partial charge in [-0.2, -0.15) is 0 Å². The van der Waals surface area contributed by atoms with Crippen LogP contribution >= 0.6 is 21.0 Å². The van der Waals surface area contributed by atoms with E-state index in [-0.39, 0.29) is 17.6 Å². The molecule has 1 aliphatic heterocycles. The Morgan fingerprint density at radius 3 is 2.53 bits per heavy atom. The number of halogens is 1. The Morgan fingerprint density at radius 2 is 1.94 bits per heavy atom. The molecule has 0 saturated carbocycles. The van der Waals surface area contributed by atoms with Crippen molar-refractivity contribution in [2.45, 2.75) is 25.9 Å². The summed E-state index contributed by atoms with van der Waals surface area (Å²) in [6, 6.07) is 3.85. The molecule has 96 valence electrons. The summed E-state index contributed by atoms with van der Waals surface area (Å²) in [5.41, 5.74) is 0. The molecule has 0 radical (unpaired) electrons.